The predicted molar refractivity (Wildman–Crippen MR) is 87.0 cm³/mol. The molecule has 3 aliphatic rings. The maximum atomic E-state index is 12.6. The quantitative estimate of drug-likeness (QED) is 0.789. The fraction of sp³-hybridized carbons (Fsp3) is 0.750. The van der Waals surface area contributed by atoms with Crippen LogP contribution in [-0.4, -0.2) is 65.1 Å². The van der Waals surface area contributed by atoms with Crippen LogP contribution in [0.25, 0.3) is 0 Å². The average molecular weight is 353 g/mol. The maximum absolute atomic E-state index is 12.6. The van der Waals surface area contributed by atoms with Crippen molar-refractivity contribution in [2.45, 2.75) is 43.1 Å². The van der Waals surface area contributed by atoms with Gasteiger partial charge in [-0.25, -0.2) is 13.4 Å². The number of nitrogens with zero attached hydrogens (tertiary/aromatic N) is 3. The minimum absolute atomic E-state index is 0.00775. The van der Waals surface area contributed by atoms with Gasteiger partial charge in [-0.1, -0.05) is 12.8 Å². The highest BCUT2D eigenvalue weighted by molar-refractivity contribution is 7.92. The molecule has 1 amide bonds. The monoisotopic (exact) mass is 353 g/mol. The lowest BCUT2D eigenvalue weighted by atomic mass is 9.93. The molecule has 0 radical (unpaired) electrons. The van der Waals surface area contributed by atoms with Crippen molar-refractivity contribution in [3.8, 4) is 0 Å². The molecule has 24 heavy (non-hydrogen) atoms. The summed E-state index contributed by atoms with van der Waals surface area (Å²) in [4.78, 5) is 18.1. The summed E-state index contributed by atoms with van der Waals surface area (Å²) in [6.07, 6.45) is 9.18. The van der Waals surface area contributed by atoms with E-state index in [2.05, 4.69) is 4.98 Å². The Hall–Kier alpha value is -1.41. The Kier molecular flexibility index (Phi) is 3.91. The van der Waals surface area contributed by atoms with Gasteiger partial charge in [-0.2, -0.15) is 0 Å². The standard InChI is InChI=1S/C16H23N3O4S/c20-15(13-3-1-2-4-13)19-9-16(10-19)11-24(21,22)14(8-23-16)7-18-6-5-17-12-18/h5-6,12-14H,1-4,7-11H2/t14-/m0/s1. The van der Waals surface area contributed by atoms with Gasteiger partial charge in [0.25, 0.3) is 0 Å². The SMILES string of the molecule is O=C(C1CCCC1)N1CC2(C1)CS(=O)(=O)[C@@H](Cn1ccnc1)CO2. The molecule has 0 bridgehead atoms. The molecule has 8 heteroatoms. The molecule has 7 nitrogen and oxygen atoms in total. The van der Waals surface area contributed by atoms with Crippen molar-refractivity contribution in [1.29, 1.82) is 0 Å². The summed E-state index contributed by atoms with van der Waals surface area (Å²) < 4.78 is 33.0. The van der Waals surface area contributed by atoms with Gasteiger partial charge in [0.2, 0.25) is 5.91 Å². The van der Waals surface area contributed by atoms with E-state index in [4.69, 9.17) is 4.74 Å². The molecule has 1 spiro atoms. The molecule has 2 saturated heterocycles. The van der Waals surface area contributed by atoms with Crippen LogP contribution in [0.5, 0.6) is 0 Å². The molecular weight excluding hydrogens is 330 g/mol. The van der Waals surface area contributed by atoms with Crippen LogP contribution in [0.3, 0.4) is 0 Å². The lowest BCUT2D eigenvalue weighted by molar-refractivity contribution is -0.168. The number of rotatable bonds is 3. The molecule has 1 aromatic heterocycles. The predicted octanol–water partition coefficient (Wildman–Crippen LogP) is 0.468. The Morgan fingerprint density at radius 3 is 2.67 bits per heavy atom. The van der Waals surface area contributed by atoms with Gasteiger partial charge in [0.15, 0.2) is 9.84 Å². The van der Waals surface area contributed by atoms with Gasteiger partial charge in [-0.15, -0.1) is 0 Å². The molecule has 1 saturated carbocycles. The van der Waals surface area contributed by atoms with E-state index in [1.807, 2.05) is 0 Å². The molecule has 0 N–H and O–H groups in total. The van der Waals surface area contributed by atoms with Crippen molar-refractivity contribution in [2.75, 3.05) is 25.4 Å². The van der Waals surface area contributed by atoms with E-state index < -0.39 is 20.7 Å². The third-order valence-corrected chi connectivity index (χ3v) is 7.72. The van der Waals surface area contributed by atoms with E-state index in [-0.39, 0.29) is 24.2 Å². The minimum atomic E-state index is -3.25. The number of likely N-dealkylation sites (tertiary alicyclic amines) is 1. The first-order valence-corrected chi connectivity index (χ1v) is 10.3. The molecule has 132 valence electrons. The lowest BCUT2D eigenvalue weighted by Gasteiger charge is -2.52. The van der Waals surface area contributed by atoms with Gasteiger partial charge < -0.3 is 14.2 Å². The fourth-order valence-electron chi connectivity index (χ4n) is 4.11. The molecule has 4 rings (SSSR count). The number of carbonyl (C=O) groups excluding carboxylic acids is 1. The van der Waals surface area contributed by atoms with E-state index in [1.165, 1.54) is 0 Å². The molecule has 1 aliphatic carbocycles. The zero-order valence-electron chi connectivity index (χ0n) is 13.6. The lowest BCUT2D eigenvalue weighted by Crippen LogP contribution is -2.71. The Morgan fingerprint density at radius 2 is 2.04 bits per heavy atom. The maximum Gasteiger partial charge on any atom is 0.225 e. The van der Waals surface area contributed by atoms with Gasteiger partial charge >= 0.3 is 0 Å². The van der Waals surface area contributed by atoms with Crippen LogP contribution < -0.4 is 0 Å². The van der Waals surface area contributed by atoms with E-state index in [1.54, 1.807) is 28.2 Å². The van der Waals surface area contributed by atoms with Crippen LogP contribution in [0.4, 0.5) is 0 Å². The van der Waals surface area contributed by atoms with Crippen LogP contribution >= 0.6 is 0 Å². The Morgan fingerprint density at radius 1 is 1.29 bits per heavy atom. The highest BCUT2D eigenvalue weighted by atomic mass is 32.2. The van der Waals surface area contributed by atoms with Gasteiger partial charge in [-0.05, 0) is 12.8 Å². The summed E-state index contributed by atoms with van der Waals surface area (Å²) in [6.45, 7) is 1.38. The second kappa shape index (κ2) is 5.84. The number of amides is 1. The van der Waals surface area contributed by atoms with Gasteiger partial charge in [0.05, 0.1) is 31.8 Å². The molecule has 0 unspecified atom stereocenters. The van der Waals surface area contributed by atoms with Crippen LogP contribution in [0.15, 0.2) is 18.7 Å². The van der Waals surface area contributed by atoms with E-state index in [9.17, 15) is 13.2 Å². The van der Waals surface area contributed by atoms with Crippen molar-refractivity contribution in [1.82, 2.24) is 14.5 Å². The number of sulfone groups is 1. The van der Waals surface area contributed by atoms with Gasteiger partial charge in [0.1, 0.15) is 10.9 Å². The van der Waals surface area contributed by atoms with Crippen LogP contribution in [-0.2, 0) is 25.9 Å². The largest absolute Gasteiger partial charge is 0.369 e. The molecule has 2 aliphatic heterocycles. The second-order valence-corrected chi connectivity index (χ2v) is 9.64. The van der Waals surface area contributed by atoms with Crippen LogP contribution in [0.1, 0.15) is 25.7 Å². The Bertz CT molecular complexity index is 704. The van der Waals surface area contributed by atoms with E-state index >= 15 is 0 Å². The second-order valence-electron chi connectivity index (χ2n) is 7.36. The first-order chi connectivity index (χ1) is 11.5. The average Bonchev–Trinajstić information content (AvgIpc) is 3.18. The summed E-state index contributed by atoms with van der Waals surface area (Å²) in [7, 11) is -3.25. The van der Waals surface area contributed by atoms with Crippen LogP contribution in [0, 0.1) is 5.92 Å². The molecule has 3 heterocycles. The number of carbonyl (C=O) groups is 1. The molecule has 1 aromatic rings. The topological polar surface area (TPSA) is 81.5 Å². The first kappa shape index (κ1) is 16.1. The number of ether oxygens (including phenoxy) is 1. The minimum Gasteiger partial charge on any atom is -0.369 e. The summed E-state index contributed by atoms with van der Waals surface area (Å²) in [5.41, 5.74) is -0.682. The number of hydrogen-bond donors (Lipinski definition) is 0. The summed E-state index contributed by atoms with van der Waals surface area (Å²) in [6, 6.07) is 0. The number of hydrogen-bond acceptors (Lipinski definition) is 5. The highest BCUT2D eigenvalue weighted by Crippen LogP contribution is 2.36. The van der Waals surface area contributed by atoms with Crippen molar-refractivity contribution in [3.05, 3.63) is 18.7 Å². The van der Waals surface area contributed by atoms with E-state index in [0.29, 0.717) is 19.6 Å². The number of imidazole rings is 1. The Balaban J connectivity index is 1.37. The van der Waals surface area contributed by atoms with E-state index in [0.717, 1.165) is 25.7 Å². The fourth-order valence-corrected chi connectivity index (χ4v) is 6.02. The summed E-state index contributed by atoms with van der Waals surface area (Å²) in [5, 5.41) is -0.545. The first-order valence-electron chi connectivity index (χ1n) is 8.58. The van der Waals surface area contributed by atoms with Crippen molar-refractivity contribution in [3.63, 3.8) is 0 Å². The third kappa shape index (κ3) is 2.86. The number of aromatic nitrogens is 2. The Labute approximate surface area is 141 Å². The highest BCUT2D eigenvalue weighted by Gasteiger charge is 2.54. The molecular formula is C16H23N3O4S. The molecule has 0 aromatic carbocycles. The molecule has 1 atom stereocenters. The normalized spacial score (nSPS) is 28.8. The van der Waals surface area contributed by atoms with Gasteiger partial charge in [-0.3, -0.25) is 4.79 Å². The van der Waals surface area contributed by atoms with Crippen molar-refractivity contribution < 1.29 is 17.9 Å². The van der Waals surface area contributed by atoms with Crippen molar-refractivity contribution >= 4 is 15.7 Å². The van der Waals surface area contributed by atoms with Crippen molar-refractivity contribution in [2.24, 2.45) is 5.92 Å². The van der Waals surface area contributed by atoms with Gasteiger partial charge in [0, 0.05) is 24.9 Å². The third-order valence-electron chi connectivity index (χ3n) is 5.50. The smallest absolute Gasteiger partial charge is 0.225 e. The van der Waals surface area contributed by atoms with Crippen LogP contribution in [0.2, 0.25) is 0 Å². The summed E-state index contributed by atoms with van der Waals surface area (Å²) >= 11 is 0. The summed E-state index contributed by atoms with van der Waals surface area (Å²) in [5.74, 6) is 0.324. The zero-order valence-corrected chi connectivity index (χ0v) is 14.5. The zero-order chi connectivity index (χ0) is 16.8. The molecule has 3 fully saturated rings.